The number of nitrogens with one attached hydrogen (secondary N) is 1. The molecule has 1 heterocycles. The number of rotatable bonds is 2. The van der Waals surface area contributed by atoms with Gasteiger partial charge in [0.2, 0.25) is 0 Å². The Hall–Kier alpha value is -1.35. The zero-order valence-electron chi connectivity index (χ0n) is 12.9. The maximum atomic E-state index is 12.1. The molecule has 0 saturated carbocycles. The average Bonchev–Trinajstić information content (AvgIpc) is 2.24. The fourth-order valence-electron chi connectivity index (χ4n) is 1.77. The van der Waals surface area contributed by atoms with Gasteiger partial charge >= 0.3 is 22.3 Å². The van der Waals surface area contributed by atoms with Gasteiger partial charge in [-0.15, -0.1) is 0 Å². The lowest BCUT2D eigenvalue weighted by atomic mass is 9.99. The lowest BCUT2D eigenvalue weighted by Gasteiger charge is -2.37. The van der Waals surface area contributed by atoms with Crippen molar-refractivity contribution in [3.8, 4) is 0 Å². The molecule has 1 N–H and O–H groups in total. The summed E-state index contributed by atoms with van der Waals surface area (Å²) in [6, 6.07) is 0. The molecule has 1 atom stereocenters. The van der Waals surface area contributed by atoms with Crippen LogP contribution in [-0.2, 0) is 24.5 Å². The van der Waals surface area contributed by atoms with Crippen molar-refractivity contribution in [3.63, 3.8) is 0 Å². The zero-order chi connectivity index (χ0) is 16.5. The van der Waals surface area contributed by atoms with Crippen LogP contribution in [-0.4, -0.2) is 49.1 Å². The Morgan fingerprint density at radius 3 is 2.33 bits per heavy atom. The lowest BCUT2D eigenvalue weighted by molar-refractivity contribution is -0.150. The number of carbonyl (C=O) groups excluding carboxylic acids is 2. The minimum absolute atomic E-state index is 0.101. The summed E-state index contributed by atoms with van der Waals surface area (Å²) in [5, 5.41) is 0. The van der Waals surface area contributed by atoms with Crippen molar-refractivity contribution < 1.29 is 27.5 Å². The molecule has 1 fully saturated rings. The molecule has 1 aliphatic rings. The van der Waals surface area contributed by atoms with Gasteiger partial charge in [-0.1, -0.05) is 0 Å². The summed E-state index contributed by atoms with van der Waals surface area (Å²) in [4.78, 5) is 23.7. The first-order valence-electron chi connectivity index (χ1n) is 6.63. The molecule has 1 amide bonds. The summed E-state index contributed by atoms with van der Waals surface area (Å²) in [6.07, 6.45) is -0.870. The molecule has 1 aliphatic heterocycles. The van der Waals surface area contributed by atoms with E-state index in [0.29, 0.717) is 4.31 Å². The van der Waals surface area contributed by atoms with Crippen LogP contribution in [0.3, 0.4) is 0 Å². The minimum atomic E-state index is -4.16. The second-order valence-corrected chi connectivity index (χ2v) is 7.56. The van der Waals surface area contributed by atoms with Crippen LogP contribution in [0.4, 0.5) is 4.79 Å². The lowest BCUT2D eigenvalue weighted by Crippen LogP contribution is -2.63. The Morgan fingerprint density at radius 1 is 1.33 bits per heavy atom. The topological polar surface area (TPSA) is 102 Å². The van der Waals surface area contributed by atoms with E-state index in [1.807, 2.05) is 0 Å². The Balaban J connectivity index is 2.90. The maximum absolute atomic E-state index is 12.1. The predicted octanol–water partition coefficient (Wildman–Crippen LogP) is 0.783. The first-order chi connectivity index (χ1) is 9.41. The van der Waals surface area contributed by atoms with Crippen LogP contribution in [0, 0.1) is 0 Å². The van der Waals surface area contributed by atoms with Crippen molar-refractivity contribution in [3.05, 3.63) is 0 Å². The van der Waals surface area contributed by atoms with Gasteiger partial charge in [-0.3, -0.25) is 4.79 Å². The molecule has 0 aromatic carbocycles. The van der Waals surface area contributed by atoms with E-state index in [9.17, 15) is 18.0 Å². The molecule has 0 bridgehead atoms. The number of hydrogen-bond acceptors (Lipinski definition) is 6. The smallest absolute Gasteiger partial charge is 0.425 e. The Kier molecular flexibility index (Phi) is 4.89. The van der Waals surface area contributed by atoms with E-state index in [2.05, 4.69) is 4.72 Å². The maximum Gasteiger partial charge on any atom is 0.425 e. The van der Waals surface area contributed by atoms with Crippen molar-refractivity contribution in [2.45, 2.75) is 52.2 Å². The van der Waals surface area contributed by atoms with Crippen molar-refractivity contribution in [2.24, 2.45) is 0 Å². The number of carbonyl (C=O) groups is 2. The van der Waals surface area contributed by atoms with Gasteiger partial charge in [0.25, 0.3) is 0 Å². The van der Waals surface area contributed by atoms with Gasteiger partial charge in [0.1, 0.15) is 11.1 Å². The monoisotopic (exact) mass is 322 g/mol. The number of amides is 1. The molecule has 1 rings (SSSR count). The highest BCUT2D eigenvalue weighted by molar-refractivity contribution is 7.87. The second-order valence-electron chi connectivity index (χ2n) is 5.96. The van der Waals surface area contributed by atoms with E-state index in [-0.39, 0.29) is 19.6 Å². The molecule has 0 spiro atoms. The predicted molar refractivity (Wildman–Crippen MR) is 74.7 cm³/mol. The van der Waals surface area contributed by atoms with Crippen molar-refractivity contribution >= 4 is 22.3 Å². The average molecular weight is 322 g/mol. The third-order valence-corrected chi connectivity index (χ3v) is 4.40. The molecule has 0 aromatic rings. The van der Waals surface area contributed by atoms with Crippen LogP contribution in [0.1, 0.15) is 41.0 Å². The molecule has 9 heteroatoms. The molecule has 122 valence electrons. The summed E-state index contributed by atoms with van der Waals surface area (Å²) >= 11 is 0. The minimum Gasteiger partial charge on any atom is -0.465 e. The molecule has 1 saturated heterocycles. The summed E-state index contributed by atoms with van der Waals surface area (Å²) < 4.78 is 36.9. The van der Waals surface area contributed by atoms with E-state index >= 15 is 0 Å². The number of ether oxygens (including phenoxy) is 2. The van der Waals surface area contributed by atoms with E-state index < -0.39 is 33.4 Å². The van der Waals surface area contributed by atoms with Gasteiger partial charge in [-0.2, -0.15) is 17.4 Å². The fourth-order valence-corrected chi connectivity index (χ4v) is 3.20. The number of hydrogen-bond donors (Lipinski definition) is 1. The molecule has 1 unspecified atom stereocenters. The van der Waals surface area contributed by atoms with Gasteiger partial charge in [0.05, 0.1) is 6.61 Å². The highest BCUT2D eigenvalue weighted by Crippen LogP contribution is 2.23. The normalized spacial score (nSPS) is 25.3. The molecule has 0 radical (unpaired) electrons. The van der Waals surface area contributed by atoms with Gasteiger partial charge < -0.3 is 9.47 Å². The fraction of sp³-hybridized carbons (Fsp3) is 0.833. The van der Waals surface area contributed by atoms with Crippen LogP contribution in [0.2, 0.25) is 0 Å². The summed E-state index contributed by atoms with van der Waals surface area (Å²) in [5.74, 6) is -0.669. The quantitative estimate of drug-likeness (QED) is 0.754. The van der Waals surface area contributed by atoms with Crippen LogP contribution in [0.15, 0.2) is 0 Å². The highest BCUT2D eigenvalue weighted by Gasteiger charge is 2.47. The van der Waals surface area contributed by atoms with Crippen LogP contribution in [0.25, 0.3) is 0 Å². The summed E-state index contributed by atoms with van der Waals surface area (Å²) in [7, 11) is -4.16. The van der Waals surface area contributed by atoms with E-state index in [0.717, 1.165) is 0 Å². The second kappa shape index (κ2) is 5.80. The first-order valence-corrected chi connectivity index (χ1v) is 8.07. The van der Waals surface area contributed by atoms with Crippen LogP contribution >= 0.6 is 0 Å². The zero-order valence-corrected chi connectivity index (χ0v) is 13.7. The van der Waals surface area contributed by atoms with Gasteiger partial charge in [-0.25, -0.2) is 4.79 Å². The standard InChI is InChI=1S/C12H22N2O6S/c1-6-19-9(15)12(5)7-8-14(21(17,18)13-12)10(16)20-11(2,3)4/h13H,6-8H2,1-5H3. The van der Waals surface area contributed by atoms with Crippen molar-refractivity contribution in [1.82, 2.24) is 9.03 Å². The number of nitrogens with zero attached hydrogens (tertiary/aromatic N) is 1. The Labute approximate surface area is 125 Å². The van der Waals surface area contributed by atoms with Gasteiger partial charge in [0, 0.05) is 6.54 Å². The Bertz CT molecular complexity index is 524. The van der Waals surface area contributed by atoms with E-state index in [1.165, 1.54) is 6.92 Å². The SMILES string of the molecule is CCOC(=O)C1(C)CCN(C(=O)OC(C)(C)C)S(=O)(=O)N1. The van der Waals surface area contributed by atoms with Crippen LogP contribution in [0.5, 0.6) is 0 Å². The van der Waals surface area contributed by atoms with E-state index in [4.69, 9.17) is 9.47 Å². The van der Waals surface area contributed by atoms with E-state index in [1.54, 1.807) is 27.7 Å². The highest BCUT2D eigenvalue weighted by atomic mass is 32.2. The molecule has 0 aromatic heterocycles. The third kappa shape index (κ3) is 4.31. The van der Waals surface area contributed by atoms with Crippen molar-refractivity contribution in [1.29, 1.82) is 0 Å². The van der Waals surface area contributed by atoms with Gasteiger partial charge in [-0.05, 0) is 41.0 Å². The van der Waals surface area contributed by atoms with Gasteiger partial charge in [0.15, 0.2) is 0 Å². The Morgan fingerprint density at radius 2 is 1.90 bits per heavy atom. The van der Waals surface area contributed by atoms with Crippen LogP contribution < -0.4 is 4.72 Å². The third-order valence-electron chi connectivity index (χ3n) is 2.78. The molecular formula is C12H22N2O6S. The van der Waals surface area contributed by atoms with Crippen molar-refractivity contribution in [2.75, 3.05) is 13.2 Å². The first kappa shape index (κ1) is 17.7. The summed E-state index contributed by atoms with van der Waals surface area (Å²) in [5.41, 5.74) is -2.19. The molecular weight excluding hydrogens is 300 g/mol. The largest absolute Gasteiger partial charge is 0.465 e. The molecule has 8 nitrogen and oxygen atoms in total. The molecule has 21 heavy (non-hydrogen) atoms. The summed E-state index contributed by atoms with van der Waals surface area (Å²) in [6.45, 7) is 7.96. The number of esters is 1. The molecule has 0 aliphatic carbocycles.